The van der Waals surface area contributed by atoms with Crippen molar-refractivity contribution in [3.63, 3.8) is 0 Å². The summed E-state index contributed by atoms with van der Waals surface area (Å²) in [6.45, 7) is 2.04. The number of amides is 2. The van der Waals surface area contributed by atoms with Crippen molar-refractivity contribution in [3.05, 3.63) is 86.4 Å². The predicted molar refractivity (Wildman–Crippen MR) is 116 cm³/mol. The normalized spacial score (nSPS) is 10.9. The number of hydrazine groups is 1. The molecule has 1 aromatic carbocycles. The molecule has 3 aromatic rings. The van der Waals surface area contributed by atoms with Gasteiger partial charge in [0.2, 0.25) is 0 Å². The fourth-order valence-corrected chi connectivity index (χ4v) is 3.39. The number of nitrogens with zero attached hydrogens (tertiary/aromatic N) is 3. The summed E-state index contributed by atoms with van der Waals surface area (Å²) in [6.07, 6.45) is 4.23. The quantitative estimate of drug-likeness (QED) is 0.440. The Morgan fingerprint density at radius 3 is 2.47 bits per heavy atom. The van der Waals surface area contributed by atoms with Gasteiger partial charge in [-0.25, -0.2) is 4.68 Å². The third kappa shape index (κ3) is 5.18. The maximum Gasteiger partial charge on any atom is 0.288 e. The van der Waals surface area contributed by atoms with E-state index in [-0.39, 0.29) is 12.2 Å². The number of halogens is 3. The highest BCUT2D eigenvalue weighted by atomic mass is 35.5. The summed E-state index contributed by atoms with van der Waals surface area (Å²) in [5.41, 5.74) is 6.61. The SMILES string of the molecule is Cc1nn(Cc2c(Cl)cccc2Cl)c(Cl)c1/C=C/C(=O)NNC(=O)c1ccccn1. The van der Waals surface area contributed by atoms with Gasteiger partial charge in [-0.05, 0) is 37.3 Å². The molecule has 30 heavy (non-hydrogen) atoms. The van der Waals surface area contributed by atoms with E-state index in [1.807, 2.05) is 0 Å². The summed E-state index contributed by atoms with van der Waals surface area (Å²) in [6, 6.07) is 10.1. The van der Waals surface area contributed by atoms with Crippen LogP contribution in [0.1, 0.15) is 27.3 Å². The molecule has 2 heterocycles. The van der Waals surface area contributed by atoms with Crippen molar-refractivity contribution in [2.24, 2.45) is 0 Å². The van der Waals surface area contributed by atoms with Gasteiger partial charge >= 0.3 is 0 Å². The first-order chi connectivity index (χ1) is 14.4. The van der Waals surface area contributed by atoms with Gasteiger partial charge in [-0.3, -0.25) is 25.4 Å². The number of nitrogens with one attached hydrogen (secondary N) is 2. The average Bonchev–Trinajstić information content (AvgIpc) is 3.00. The number of aromatic nitrogens is 3. The second-order valence-electron chi connectivity index (χ2n) is 6.14. The Bertz CT molecular complexity index is 1090. The molecule has 3 rings (SSSR count). The number of pyridine rings is 1. The van der Waals surface area contributed by atoms with Crippen LogP contribution >= 0.6 is 34.8 Å². The molecule has 2 amide bonds. The van der Waals surface area contributed by atoms with Gasteiger partial charge in [-0.1, -0.05) is 46.9 Å². The summed E-state index contributed by atoms with van der Waals surface area (Å²) in [5, 5.41) is 5.72. The summed E-state index contributed by atoms with van der Waals surface area (Å²) in [5.74, 6) is -1.08. The molecule has 2 N–H and O–H groups in total. The smallest absolute Gasteiger partial charge is 0.268 e. The average molecular weight is 465 g/mol. The molecule has 2 aromatic heterocycles. The summed E-state index contributed by atoms with van der Waals surface area (Å²) in [4.78, 5) is 27.8. The van der Waals surface area contributed by atoms with Gasteiger partial charge in [0.05, 0.1) is 12.2 Å². The highest BCUT2D eigenvalue weighted by molar-refractivity contribution is 6.36. The van der Waals surface area contributed by atoms with Crippen LogP contribution in [0.5, 0.6) is 0 Å². The van der Waals surface area contributed by atoms with Gasteiger partial charge in [0.1, 0.15) is 10.8 Å². The number of aryl methyl sites for hydroxylation is 1. The first-order valence-electron chi connectivity index (χ1n) is 8.72. The maximum atomic E-state index is 12.0. The Labute approximate surface area is 187 Å². The molecule has 0 saturated heterocycles. The van der Waals surface area contributed by atoms with E-state index in [1.54, 1.807) is 41.9 Å². The second kappa shape index (κ2) is 9.75. The van der Waals surface area contributed by atoms with E-state index >= 15 is 0 Å². The molecule has 0 fully saturated rings. The van der Waals surface area contributed by atoms with Gasteiger partial charge in [0.15, 0.2) is 0 Å². The second-order valence-corrected chi connectivity index (χ2v) is 7.31. The molecule has 0 aliphatic carbocycles. The largest absolute Gasteiger partial charge is 0.288 e. The van der Waals surface area contributed by atoms with Crippen molar-refractivity contribution in [3.8, 4) is 0 Å². The van der Waals surface area contributed by atoms with Gasteiger partial charge in [0.25, 0.3) is 11.8 Å². The van der Waals surface area contributed by atoms with Crippen molar-refractivity contribution >= 4 is 52.7 Å². The standard InChI is InChI=1S/C20H16Cl3N5O2/c1-12-13(8-9-18(29)25-26-20(30)17-7-2-3-10-24-17)19(23)28(27-12)11-14-15(21)5-4-6-16(14)22/h2-10H,11H2,1H3,(H,25,29)(H,26,30)/b9-8+. The molecule has 0 bridgehead atoms. The molecular weight excluding hydrogens is 449 g/mol. The van der Waals surface area contributed by atoms with E-state index in [4.69, 9.17) is 34.8 Å². The van der Waals surface area contributed by atoms with Crippen LogP contribution in [-0.4, -0.2) is 26.6 Å². The third-order valence-corrected chi connectivity index (χ3v) is 5.18. The Balaban J connectivity index is 1.67. The molecule has 0 aliphatic rings. The predicted octanol–water partition coefficient (Wildman–Crippen LogP) is 4.07. The van der Waals surface area contributed by atoms with Crippen molar-refractivity contribution in [2.75, 3.05) is 0 Å². The molecule has 10 heteroatoms. The molecule has 0 atom stereocenters. The number of hydrogen-bond acceptors (Lipinski definition) is 4. The van der Waals surface area contributed by atoms with Crippen LogP contribution in [0.15, 0.2) is 48.7 Å². The lowest BCUT2D eigenvalue weighted by molar-refractivity contribution is -0.117. The summed E-state index contributed by atoms with van der Waals surface area (Å²) >= 11 is 18.9. The molecule has 154 valence electrons. The van der Waals surface area contributed by atoms with Crippen molar-refractivity contribution in [2.45, 2.75) is 13.5 Å². The van der Waals surface area contributed by atoms with Gasteiger partial charge in [-0.15, -0.1) is 0 Å². The van der Waals surface area contributed by atoms with Crippen LogP contribution in [0.25, 0.3) is 6.08 Å². The van der Waals surface area contributed by atoms with Crippen LogP contribution < -0.4 is 10.9 Å². The topological polar surface area (TPSA) is 88.9 Å². The number of carbonyl (C=O) groups is 2. The molecule has 0 saturated carbocycles. The molecule has 0 aliphatic heterocycles. The van der Waals surface area contributed by atoms with E-state index in [0.29, 0.717) is 32.0 Å². The number of carbonyl (C=O) groups excluding carboxylic acids is 2. The summed E-state index contributed by atoms with van der Waals surface area (Å²) in [7, 11) is 0. The number of hydrogen-bond donors (Lipinski definition) is 2. The van der Waals surface area contributed by atoms with E-state index in [1.165, 1.54) is 24.4 Å². The van der Waals surface area contributed by atoms with Crippen LogP contribution in [0, 0.1) is 6.92 Å². The third-order valence-electron chi connectivity index (χ3n) is 4.08. The lowest BCUT2D eigenvalue weighted by Gasteiger charge is -2.08. The lowest BCUT2D eigenvalue weighted by Crippen LogP contribution is -2.41. The van der Waals surface area contributed by atoms with Gasteiger partial charge in [-0.2, -0.15) is 5.10 Å². The number of benzene rings is 1. The van der Waals surface area contributed by atoms with E-state index in [2.05, 4.69) is 20.9 Å². The van der Waals surface area contributed by atoms with Crippen molar-refractivity contribution < 1.29 is 9.59 Å². The highest BCUT2D eigenvalue weighted by Gasteiger charge is 2.15. The fourth-order valence-electron chi connectivity index (χ4n) is 2.57. The first-order valence-corrected chi connectivity index (χ1v) is 9.85. The minimum Gasteiger partial charge on any atom is -0.268 e. The van der Waals surface area contributed by atoms with Crippen LogP contribution in [0.2, 0.25) is 15.2 Å². The van der Waals surface area contributed by atoms with Crippen LogP contribution in [-0.2, 0) is 11.3 Å². The highest BCUT2D eigenvalue weighted by Crippen LogP contribution is 2.28. The monoisotopic (exact) mass is 463 g/mol. The van der Waals surface area contributed by atoms with Crippen molar-refractivity contribution in [1.29, 1.82) is 0 Å². The van der Waals surface area contributed by atoms with Crippen LogP contribution in [0.3, 0.4) is 0 Å². The first kappa shape index (κ1) is 21.8. The van der Waals surface area contributed by atoms with Crippen molar-refractivity contribution in [1.82, 2.24) is 25.6 Å². The Morgan fingerprint density at radius 1 is 1.07 bits per heavy atom. The minimum absolute atomic E-state index is 0.181. The molecule has 0 unspecified atom stereocenters. The van der Waals surface area contributed by atoms with Crippen LogP contribution in [0.4, 0.5) is 0 Å². The summed E-state index contributed by atoms with van der Waals surface area (Å²) < 4.78 is 1.55. The molecular formula is C20H16Cl3N5O2. The van der Waals surface area contributed by atoms with Gasteiger partial charge < -0.3 is 0 Å². The number of rotatable bonds is 5. The van der Waals surface area contributed by atoms with E-state index < -0.39 is 11.8 Å². The zero-order chi connectivity index (χ0) is 21.7. The van der Waals surface area contributed by atoms with Gasteiger partial charge in [0, 0.05) is 33.4 Å². The molecule has 7 nitrogen and oxygen atoms in total. The zero-order valence-electron chi connectivity index (χ0n) is 15.7. The molecule has 0 spiro atoms. The maximum absolute atomic E-state index is 12.0. The Hall–Kier alpha value is -2.87. The van der Waals surface area contributed by atoms with E-state index in [0.717, 1.165) is 0 Å². The Morgan fingerprint density at radius 2 is 1.80 bits per heavy atom. The fraction of sp³-hybridized carbons (Fsp3) is 0.100. The molecule has 0 radical (unpaired) electrons. The van der Waals surface area contributed by atoms with E-state index in [9.17, 15) is 9.59 Å². The Kier molecular flexibility index (Phi) is 7.10. The lowest BCUT2D eigenvalue weighted by atomic mass is 10.2. The zero-order valence-corrected chi connectivity index (χ0v) is 18.0. The minimum atomic E-state index is -0.545.